The second-order valence-electron chi connectivity index (χ2n) is 2.78. The van der Waals surface area contributed by atoms with Gasteiger partial charge in [-0.3, -0.25) is 0 Å². The summed E-state index contributed by atoms with van der Waals surface area (Å²) in [6.45, 7) is 12.0. The maximum Gasteiger partial charge on any atom is 0.318 e. The van der Waals surface area contributed by atoms with Crippen LogP contribution in [-0.4, -0.2) is 30.6 Å². The number of amides is 2. The Morgan fingerprint density at radius 3 is 2.12 bits per heavy atom. The second-order valence-corrected chi connectivity index (χ2v) is 2.78. The Kier molecular flexibility index (Phi) is 14.9. The van der Waals surface area contributed by atoms with Crippen molar-refractivity contribution in [2.75, 3.05) is 19.6 Å². The normalized spacial score (nSPS) is 12.2. The minimum absolute atomic E-state index is 0.0234. The van der Waals surface area contributed by atoms with E-state index in [0.717, 1.165) is 25.9 Å². The minimum Gasteiger partial charge on any atom is -0.327 e. The Morgan fingerprint density at radius 1 is 1.19 bits per heavy atom. The van der Waals surface area contributed by atoms with Crippen LogP contribution in [0.25, 0.3) is 0 Å². The predicted molar refractivity (Wildman–Crippen MR) is 70.4 cm³/mol. The van der Waals surface area contributed by atoms with Crippen LogP contribution in [0, 0.1) is 11.8 Å². The lowest BCUT2D eigenvalue weighted by molar-refractivity contribution is 0.210. The maximum atomic E-state index is 11.3. The molecule has 1 saturated heterocycles. The number of hydrogen-bond acceptors (Lipinski definition) is 1. The van der Waals surface area contributed by atoms with E-state index in [-0.39, 0.29) is 6.03 Å². The quantitative estimate of drug-likeness (QED) is 0.685. The number of hydrogen-bond donors (Lipinski definition) is 1. The van der Waals surface area contributed by atoms with Crippen LogP contribution in [-0.2, 0) is 0 Å². The van der Waals surface area contributed by atoms with Crippen molar-refractivity contribution < 1.29 is 4.79 Å². The number of urea groups is 1. The first-order valence-corrected chi connectivity index (χ1v) is 6.27. The first kappa shape index (κ1) is 17.2. The Morgan fingerprint density at radius 2 is 1.69 bits per heavy atom. The van der Waals surface area contributed by atoms with Crippen molar-refractivity contribution in [1.29, 1.82) is 0 Å². The molecule has 0 radical (unpaired) electrons. The molecule has 1 aliphatic rings. The highest BCUT2D eigenvalue weighted by atomic mass is 16.2. The lowest BCUT2D eigenvalue weighted by Crippen LogP contribution is -2.38. The molecule has 3 nitrogen and oxygen atoms in total. The molecule has 0 saturated carbocycles. The van der Waals surface area contributed by atoms with Gasteiger partial charge in [-0.25, -0.2) is 4.79 Å². The summed E-state index contributed by atoms with van der Waals surface area (Å²) in [4.78, 5) is 13.1. The van der Waals surface area contributed by atoms with Crippen molar-refractivity contribution >= 4 is 6.03 Å². The van der Waals surface area contributed by atoms with E-state index in [9.17, 15) is 4.79 Å². The molecule has 0 aliphatic carbocycles. The molecular weight excluding hydrogens is 200 g/mol. The van der Waals surface area contributed by atoms with Gasteiger partial charge in [0.25, 0.3) is 0 Å². The largest absolute Gasteiger partial charge is 0.327 e. The average molecular weight is 226 g/mol. The zero-order valence-corrected chi connectivity index (χ0v) is 11.4. The SMILES string of the molecule is CC.CC.CC#CCNC(=O)N1CCCC1. The van der Waals surface area contributed by atoms with E-state index in [1.807, 2.05) is 32.6 Å². The zero-order chi connectivity index (χ0) is 12.8. The lowest BCUT2D eigenvalue weighted by atomic mass is 10.4. The highest BCUT2D eigenvalue weighted by Gasteiger charge is 2.16. The molecule has 1 aliphatic heterocycles. The van der Waals surface area contributed by atoms with Gasteiger partial charge in [-0.2, -0.15) is 0 Å². The zero-order valence-electron chi connectivity index (χ0n) is 11.4. The molecule has 94 valence electrons. The van der Waals surface area contributed by atoms with E-state index in [0.29, 0.717) is 6.54 Å². The molecule has 0 aromatic heterocycles. The maximum absolute atomic E-state index is 11.3. The monoisotopic (exact) mass is 226 g/mol. The first-order valence-electron chi connectivity index (χ1n) is 6.27. The van der Waals surface area contributed by atoms with Crippen molar-refractivity contribution in [3.8, 4) is 11.8 Å². The standard InChI is InChI=1S/C9H14N2O.2C2H6/c1-2-3-6-10-9(12)11-7-4-5-8-11;2*1-2/h4-8H2,1H3,(H,10,12);2*1-2H3. The van der Waals surface area contributed by atoms with E-state index in [4.69, 9.17) is 0 Å². The van der Waals surface area contributed by atoms with E-state index >= 15 is 0 Å². The van der Waals surface area contributed by atoms with Gasteiger partial charge in [0.05, 0.1) is 6.54 Å². The summed E-state index contributed by atoms with van der Waals surface area (Å²) in [6.07, 6.45) is 2.26. The number of likely N-dealkylation sites (tertiary alicyclic amines) is 1. The van der Waals surface area contributed by atoms with Gasteiger partial charge in [-0.05, 0) is 19.8 Å². The minimum atomic E-state index is 0.0234. The summed E-state index contributed by atoms with van der Waals surface area (Å²) in [5.41, 5.74) is 0. The summed E-state index contributed by atoms with van der Waals surface area (Å²) >= 11 is 0. The molecule has 3 heteroatoms. The van der Waals surface area contributed by atoms with Crippen molar-refractivity contribution in [3.63, 3.8) is 0 Å². The smallest absolute Gasteiger partial charge is 0.318 e. The molecular formula is C13H26N2O. The summed E-state index contributed by atoms with van der Waals surface area (Å²) in [5.74, 6) is 5.52. The van der Waals surface area contributed by atoms with Gasteiger partial charge in [-0.1, -0.05) is 33.6 Å². The second kappa shape index (κ2) is 13.8. The number of nitrogens with zero attached hydrogens (tertiary/aromatic N) is 1. The molecule has 0 atom stereocenters. The summed E-state index contributed by atoms with van der Waals surface area (Å²) in [5, 5.41) is 2.74. The summed E-state index contributed by atoms with van der Waals surface area (Å²) < 4.78 is 0. The van der Waals surface area contributed by atoms with Gasteiger partial charge in [0.2, 0.25) is 0 Å². The van der Waals surface area contributed by atoms with Crippen molar-refractivity contribution in [1.82, 2.24) is 10.2 Å². The fourth-order valence-electron chi connectivity index (χ4n) is 1.24. The predicted octanol–water partition coefficient (Wildman–Crippen LogP) is 2.87. The van der Waals surface area contributed by atoms with Gasteiger partial charge in [0.1, 0.15) is 0 Å². The van der Waals surface area contributed by atoms with Gasteiger partial charge in [0, 0.05) is 13.1 Å². The Hall–Kier alpha value is -1.17. The van der Waals surface area contributed by atoms with Gasteiger partial charge in [0.15, 0.2) is 0 Å². The topological polar surface area (TPSA) is 32.3 Å². The first-order chi connectivity index (χ1) is 7.84. The summed E-state index contributed by atoms with van der Waals surface area (Å²) in [6, 6.07) is 0.0234. The molecule has 1 heterocycles. The highest BCUT2D eigenvalue weighted by molar-refractivity contribution is 5.74. The molecule has 1 N–H and O–H groups in total. The number of nitrogens with one attached hydrogen (secondary N) is 1. The molecule has 0 aromatic rings. The molecule has 0 bridgehead atoms. The van der Waals surface area contributed by atoms with Crippen LogP contribution in [0.2, 0.25) is 0 Å². The molecule has 0 unspecified atom stereocenters. The van der Waals surface area contributed by atoms with Crippen molar-refractivity contribution in [2.45, 2.75) is 47.5 Å². The van der Waals surface area contributed by atoms with Crippen LogP contribution >= 0.6 is 0 Å². The van der Waals surface area contributed by atoms with Gasteiger partial charge >= 0.3 is 6.03 Å². The molecule has 16 heavy (non-hydrogen) atoms. The fourth-order valence-corrected chi connectivity index (χ4v) is 1.24. The van der Waals surface area contributed by atoms with Crippen molar-refractivity contribution in [2.24, 2.45) is 0 Å². The fraction of sp³-hybridized carbons (Fsp3) is 0.769. The molecule has 0 aromatic carbocycles. The van der Waals surface area contributed by atoms with Crippen LogP contribution in [0.4, 0.5) is 4.79 Å². The Labute approximate surface area is 101 Å². The third kappa shape index (κ3) is 8.16. The molecule has 1 fully saturated rings. The van der Waals surface area contributed by atoms with Crippen molar-refractivity contribution in [3.05, 3.63) is 0 Å². The average Bonchev–Trinajstić information content (AvgIpc) is 2.88. The highest BCUT2D eigenvalue weighted by Crippen LogP contribution is 2.06. The van der Waals surface area contributed by atoms with Gasteiger partial charge in [-0.15, -0.1) is 5.92 Å². The molecule has 1 rings (SSSR count). The Balaban J connectivity index is 0. The summed E-state index contributed by atoms with van der Waals surface area (Å²) in [7, 11) is 0. The van der Waals surface area contributed by atoms with Crippen LogP contribution in [0.1, 0.15) is 47.5 Å². The number of carbonyl (C=O) groups is 1. The lowest BCUT2D eigenvalue weighted by Gasteiger charge is -2.14. The Bertz CT molecular complexity index is 210. The van der Waals surface area contributed by atoms with Crippen LogP contribution in [0.5, 0.6) is 0 Å². The molecule has 0 spiro atoms. The van der Waals surface area contributed by atoms with Gasteiger partial charge < -0.3 is 10.2 Å². The van der Waals surface area contributed by atoms with E-state index in [1.54, 1.807) is 6.92 Å². The molecule has 2 amide bonds. The van der Waals surface area contributed by atoms with Crippen LogP contribution in [0.15, 0.2) is 0 Å². The van der Waals surface area contributed by atoms with E-state index in [2.05, 4.69) is 17.2 Å². The van der Waals surface area contributed by atoms with Crippen LogP contribution in [0.3, 0.4) is 0 Å². The van der Waals surface area contributed by atoms with E-state index in [1.165, 1.54) is 0 Å². The number of rotatable bonds is 1. The van der Waals surface area contributed by atoms with E-state index < -0.39 is 0 Å². The third-order valence-electron chi connectivity index (χ3n) is 1.90. The third-order valence-corrected chi connectivity index (χ3v) is 1.90. The number of carbonyl (C=O) groups excluding carboxylic acids is 1. The van der Waals surface area contributed by atoms with Crippen LogP contribution < -0.4 is 5.32 Å².